The number of anilines is 1. The summed E-state index contributed by atoms with van der Waals surface area (Å²) >= 11 is 0. The highest BCUT2D eigenvalue weighted by molar-refractivity contribution is 5.83. The number of aromatic hydroxyl groups is 1. The Balaban J connectivity index is 1.45. The number of rotatable bonds is 7. The number of hydrogen-bond acceptors (Lipinski definition) is 7. The molecule has 1 heterocycles. The summed E-state index contributed by atoms with van der Waals surface area (Å²) in [6.07, 6.45) is 1.48. The third-order valence-electron chi connectivity index (χ3n) is 4.77. The second-order valence-corrected chi connectivity index (χ2v) is 6.66. The van der Waals surface area contributed by atoms with Crippen LogP contribution in [0.4, 0.5) is 5.69 Å². The van der Waals surface area contributed by atoms with E-state index in [9.17, 15) is 9.90 Å². The van der Waals surface area contributed by atoms with Crippen LogP contribution < -0.4 is 19.8 Å². The summed E-state index contributed by atoms with van der Waals surface area (Å²) in [5, 5.41) is 13.7. The molecule has 0 radical (unpaired) electrons. The molecule has 0 bridgehead atoms. The van der Waals surface area contributed by atoms with E-state index in [-0.39, 0.29) is 18.2 Å². The Kier molecular flexibility index (Phi) is 6.91. The zero-order valence-electron chi connectivity index (χ0n) is 16.7. The van der Waals surface area contributed by atoms with E-state index in [4.69, 9.17) is 9.47 Å². The lowest BCUT2D eigenvalue weighted by Gasteiger charge is -2.36. The largest absolute Gasteiger partial charge is 0.504 e. The summed E-state index contributed by atoms with van der Waals surface area (Å²) in [5.41, 5.74) is 4.27. The van der Waals surface area contributed by atoms with Crippen molar-refractivity contribution in [2.24, 2.45) is 5.10 Å². The molecular formula is C21H26N4O4. The van der Waals surface area contributed by atoms with Crippen LogP contribution in [0.3, 0.4) is 0 Å². The molecule has 0 spiro atoms. The number of methoxy groups -OCH3 is 2. The van der Waals surface area contributed by atoms with Gasteiger partial charge in [0.15, 0.2) is 11.5 Å². The Morgan fingerprint density at radius 2 is 1.83 bits per heavy atom. The molecule has 0 aromatic heterocycles. The second kappa shape index (κ2) is 9.79. The minimum Gasteiger partial charge on any atom is -0.504 e. The molecule has 29 heavy (non-hydrogen) atoms. The number of carbonyl (C=O) groups excluding carboxylic acids is 1. The maximum atomic E-state index is 12.2. The molecule has 3 rings (SSSR count). The van der Waals surface area contributed by atoms with Crippen molar-refractivity contribution in [3.63, 3.8) is 0 Å². The van der Waals surface area contributed by atoms with Gasteiger partial charge < -0.3 is 19.5 Å². The third kappa shape index (κ3) is 5.39. The van der Waals surface area contributed by atoms with Crippen molar-refractivity contribution < 1.29 is 19.4 Å². The van der Waals surface area contributed by atoms with Crippen LogP contribution in [-0.2, 0) is 4.79 Å². The summed E-state index contributed by atoms with van der Waals surface area (Å²) in [4.78, 5) is 16.5. The van der Waals surface area contributed by atoms with E-state index < -0.39 is 0 Å². The standard InChI is InChI=1S/C21H26N4O4/c1-28-19-6-4-3-5-17(19)25-11-9-24(10-12-25)15-21(27)23-22-14-16-7-8-20(29-2)18(26)13-16/h3-8,13-14,26H,9-12,15H2,1-2H3,(H,23,27)/b22-14-. The van der Waals surface area contributed by atoms with Crippen molar-refractivity contribution in [3.05, 3.63) is 48.0 Å². The molecule has 0 aliphatic carbocycles. The maximum Gasteiger partial charge on any atom is 0.254 e. The molecule has 1 fully saturated rings. The molecular weight excluding hydrogens is 372 g/mol. The highest BCUT2D eigenvalue weighted by Gasteiger charge is 2.20. The Labute approximate surface area is 170 Å². The summed E-state index contributed by atoms with van der Waals surface area (Å²) < 4.78 is 10.4. The summed E-state index contributed by atoms with van der Waals surface area (Å²) in [7, 11) is 3.16. The molecule has 2 aromatic rings. The van der Waals surface area contributed by atoms with Gasteiger partial charge in [-0.2, -0.15) is 5.10 Å². The van der Waals surface area contributed by atoms with Crippen molar-refractivity contribution in [1.82, 2.24) is 10.3 Å². The number of hydrogen-bond donors (Lipinski definition) is 2. The van der Waals surface area contributed by atoms with E-state index in [0.717, 1.165) is 37.6 Å². The monoisotopic (exact) mass is 398 g/mol. The number of hydrazone groups is 1. The lowest BCUT2D eigenvalue weighted by molar-refractivity contribution is -0.122. The third-order valence-corrected chi connectivity index (χ3v) is 4.77. The van der Waals surface area contributed by atoms with Gasteiger partial charge in [-0.1, -0.05) is 12.1 Å². The summed E-state index contributed by atoms with van der Waals surface area (Å²) in [6.45, 7) is 3.48. The van der Waals surface area contributed by atoms with Gasteiger partial charge >= 0.3 is 0 Å². The van der Waals surface area contributed by atoms with Crippen molar-refractivity contribution in [1.29, 1.82) is 0 Å². The first-order valence-corrected chi connectivity index (χ1v) is 9.40. The number of piperazine rings is 1. The van der Waals surface area contributed by atoms with Gasteiger partial charge in [0.1, 0.15) is 5.75 Å². The molecule has 8 heteroatoms. The molecule has 2 N–H and O–H groups in total. The fourth-order valence-electron chi connectivity index (χ4n) is 3.24. The number of phenolic OH excluding ortho intramolecular Hbond substituents is 1. The van der Waals surface area contributed by atoms with E-state index >= 15 is 0 Å². The van der Waals surface area contributed by atoms with E-state index in [1.165, 1.54) is 19.4 Å². The van der Waals surface area contributed by atoms with E-state index in [1.807, 2.05) is 24.3 Å². The van der Waals surface area contributed by atoms with Crippen LogP contribution in [0.15, 0.2) is 47.6 Å². The summed E-state index contributed by atoms with van der Waals surface area (Å²) in [6, 6.07) is 12.9. The zero-order chi connectivity index (χ0) is 20.6. The lowest BCUT2D eigenvalue weighted by Crippen LogP contribution is -2.49. The van der Waals surface area contributed by atoms with Crippen molar-refractivity contribution >= 4 is 17.8 Å². The number of phenols is 1. The predicted molar refractivity (Wildman–Crippen MR) is 112 cm³/mol. The highest BCUT2D eigenvalue weighted by Crippen LogP contribution is 2.28. The predicted octanol–water partition coefficient (Wildman–Crippen LogP) is 1.68. The van der Waals surface area contributed by atoms with Crippen LogP contribution in [0.25, 0.3) is 0 Å². The number of nitrogens with one attached hydrogen (secondary N) is 1. The number of carbonyl (C=O) groups is 1. The molecule has 1 aliphatic heterocycles. The van der Waals surface area contributed by atoms with E-state index in [2.05, 4.69) is 20.3 Å². The van der Waals surface area contributed by atoms with Crippen molar-refractivity contribution in [3.8, 4) is 17.2 Å². The number of ether oxygens (including phenoxy) is 2. The van der Waals surface area contributed by atoms with Gasteiger partial charge in [0.2, 0.25) is 0 Å². The van der Waals surface area contributed by atoms with Crippen LogP contribution in [0.5, 0.6) is 17.2 Å². The van der Waals surface area contributed by atoms with Gasteiger partial charge in [0.25, 0.3) is 5.91 Å². The van der Waals surface area contributed by atoms with Crippen molar-refractivity contribution in [2.45, 2.75) is 0 Å². The minimum atomic E-state index is -0.176. The van der Waals surface area contributed by atoms with Gasteiger partial charge in [0, 0.05) is 26.2 Å². The molecule has 1 aliphatic rings. The SMILES string of the molecule is COc1ccc(/C=N\NC(=O)CN2CCN(c3ccccc3OC)CC2)cc1O. The Bertz CT molecular complexity index is 864. The van der Waals surface area contributed by atoms with E-state index in [0.29, 0.717) is 11.3 Å². The van der Waals surface area contributed by atoms with Gasteiger partial charge in [-0.15, -0.1) is 0 Å². The molecule has 2 aromatic carbocycles. The Hall–Kier alpha value is -3.26. The van der Waals surface area contributed by atoms with Gasteiger partial charge in [-0.25, -0.2) is 5.43 Å². The van der Waals surface area contributed by atoms with Gasteiger partial charge in [0.05, 0.1) is 32.7 Å². The lowest BCUT2D eigenvalue weighted by atomic mass is 10.2. The van der Waals surface area contributed by atoms with Crippen molar-refractivity contribution in [2.75, 3.05) is 51.8 Å². The quantitative estimate of drug-likeness (QED) is 0.545. The summed E-state index contributed by atoms with van der Waals surface area (Å²) in [5.74, 6) is 1.09. The van der Waals surface area contributed by atoms with Crippen LogP contribution >= 0.6 is 0 Å². The number of nitrogens with zero attached hydrogens (tertiary/aromatic N) is 3. The normalized spacial score (nSPS) is 14.8. The first kappa shape index (κ1) is 20.5. The molecule has 1 amide bonds. The molecule has 0 unspecified atom stereocenters. The first-order valence-electron chi connectivity index (χ1n) is 9.40. The van der Waals surface area contributed by atoms with Gasteiger partial charge in [-0.3, -0.25) is 9.69 Å². The number of para-hydroxylation sites is 2. The zero-order valence-corrected chi connectivity index (χ0v) is 16.7. The van der Waals surface area contributed by atoms with Gasteiger partial charge in [-0.05, 0) is 35.9 Å². The Morgan fingerprint density at radius 1 is 1.10 bits per heavy atom. The molecule has 8 nitrogen and oxygen atoms in total. The Morgan fingerprint density at radius 3 is 2.52 bits per heavy atom. The molecule has 0 atom stereocenters. The molecule has 0 saturated carbocycles. The van der Waals surface area contributed by atoms with Crippen LogP contribution in [0.1, 0.15) is 5.56 Å². The number of amides is 1. The van der Waals surface area contributed by atoms with Crippen LogP contribution in [-0.4, -0.2) is 69.1 Å². The average Bonchev–Trinajstić information content (AvgIpc) is 2.74. The maximum absolute atomic E-state index is 12.2. The van der Waals surface area contributed by atoms with E-state index in [1.54, 1.807) is 19.2 Å². The first-order chi connectivity index (χ1) is 14.1. The van der Waals surface area contributed by atoms with Crippen LogP contribution in [0, 0.1) is 0 Å². The smallest absolute Gasteiger partial charge is 0.254 e. The minimum absolute atomic E-state index is 0.0238. The molecule has 1 saturated heterocycles. The van der Waals surface area contributed by atoms with Crippen LogP contribution in [0.2, 0.25) is 0 Å². The second-order valence-electron chi connectivity index (χ2n) is 6.66. The topological polar surface area (TPSA) is 86.6 Å². The fourth-order valence-corrected chi connectivity index (χ4v) is 3.24. The molecule has 154 valence electrons. The fraction of sp³-hybridized carbons (Fsp3) is 0.333. The average molecular weight is 398 g/mol. The highest BCUT2D eigenvalue weighted by atomic mass is 16.5. The number of benzene rings is 2.